The number of benzene rings is 1. The van der Waals surface area contributed by atoms with Crippen LogP contribution in [0, 0.1) is 5.92 Å². The molecule has 2 atom stereocenters. The van der Waals surface area contributed by atoms with Crippen molar-refractivity contribution in [3.63, 3.8) is 0 Å². The number of nitrogens with zero attached hydrogens (tertiary/aromatic N) is 2. The highest BCUT2D eigenvalue weighted by Crippen LogP contribution is 2.50. The summed E-state index contributed by atoms with van der Waals surface area (Å²) in [6.45, 7) is 7.44. The SMILES string of the molecule is CCCc1cc(C(O)(C(F)(F)F)C(F)(F)F)ccc1OCCC(CCC)CN1C=NC(C)(c2ccco2)C1. The highest BCUT2D eigenvalue weighted by atomic mass is 19.4. The van der Waals surface area contributed by atoms with Crippen LogP contribution in [0.25, 0.3) is 0 Å². The van der Waals surface area contributed by atoms with Crippen LogP contribution in [0.3, 0.4) is 0 Å². The zero-order chi connectivity index (χ0) is 28.2. The van der Waals surface area contributed by atoms with Gasteiger partial charge in [0.2, 0.25) is 0 Å². The Hall–Kier alpha value is -2.69. The topological polar surface area (TPSA) is 58.2 Å². The van der Waals surface area contributed by atoms with E-state index in [0.717, 1.165) is 37.3 Å². The van der Waals surface area contributed by atoms with Gasteiger partial charge in [0, 0.05) is 12.1 Å². The molecule has 212 valence electrons. The average molecular weight is 549 g/mol. The quantitative estimate of drug-likeness (QED) is 0.291. The van der Waals surface area contributed by atoms with Crippen molar-refractivity contribution in [2.45, 2.75) is 76.4 Å². The van der Waals surface area contributed by atoms with Crippen molar-refractivity contribution in [1.82, 2.24) is 4.90 Å². The Bertz CT molecular complexity index is 1050. The molecule has 5 nitrogen and oxygen atoms in total. The molecule has 1 aromatic carbocycles. The lowest BCUT2D eigenvalue weighted by Crippen LogP contribution is -2.53. The number of rotatable bonds is 12. The molecule has 11 heteroatoms. The molecule has 0 aliphatic carbocycles. The van der Waals surface area contributed by atoms with Gasteiger partial charge in [-0.1, -0.05) is 32.8 Å². The maximum absolute atomic E-state index is 13.3. The molecule has 1 N–H and O–H groups in total. The molecular weight excluding hydrogens is 514 g/mol. The van der Waals surface area contributed by atoms with Gasteiger partial charge < -0.3 is 19.2 Å². The molecule has 0 bridgehead atoms. The van der Waals surface area contributed by atoms with Crippen LogP contribution in [-0.2, 0) is 17.6 Å². The molecule has 38 heavy (non-hydrogen) atoms. The van der Waals surface area contributed by atoms with Gasteiger partial charge in [-0.3, -0.25) is 4.99 Å². The van der Waals surface area contributed by atoms with Gasteiger partial charge in [-0.25, -0.2) is 0 Å². The molecule has 0 radical (unpaired) electrons. The number of hydrogen-bond acceptors (Lipinski definition) is 5. The van der Waals surface area contributed by atoms with Crippen molar-refractivity contribution in [2.75, 3.05) is 19.7 Å². The van der Waals surface area contributed by atoms with Crippen molar-refractivity contribution in [1.29, 1.82) is 0 Å². The fourth-order valence-electron chi connectivity index (χ4n) is 4.82. The Morgan fingerprint density at radius 3 is 2.37 bits per heavy atom. The van der Waals surface area contributed by atoms with Gasteiger partial charge in [0.15, 0.2) is 0 Å². The molecule has 2 unspecified atom stereocenters. The lowest BCUT2D eigenvalue weighted by molar-refractivity contribution is -0.376. The Labute approximate surface area is 218 Å². The minimum absolute atomic E-state index is 0.185. The summed E-state index contributed by atoms with van der Waals surface area (Å²) in [5.74, 6) is 1.23. The van der Waals surface area contributed by atoms with Gasteiger partial charge in [-0.05, 0) is 61.9 Å². The van der Waals surface area contributed by atoms with Crippen molar-refractivity contribution < 1.29 is 40.6 Å². The zero-order valence-electron chi connectivity index (χ0n) is 21.7. The first-order chi connectivity index (χ1) is 17.7. The second-order valence-electron chi connectivity index (χ2n) is 10.00. The first-order valence-electron chi connectivity index (χ1n) is 12.7. The average Bonchev–Trinajstić information content (AvgIpc) is 3.49. The molecule has 0 amide bonds. The monoisotopic (exact) mass is 548 g/mol. The third-order valence-electron chi connectivity index (χ3n) is 6.86. The van der Waals surface area contributed by atoms with Crippen LogP contribution in [0.1, 0.15) is 63.3 Å². The molecule has 0 spiro atoms. The van der Waals surface area contributed by atoms with Gasteiger partial charge >= 0.3 is 12.4 Å². The van der Waals surface area contributed by atoms with Crippen molar-refractivity contribution in [3.05, 3.63) is 53.5 Å². The summed E-state index contributed by atoms with van der Waals surface area (Å²) < 4.78 is 91.5. The van der Waals surface area contributed by atoms with Crippen LogP contribution in [0.2, 0.25) is 0 Å². The standard InChI is InChI=1S/C27H34F6N2O3/c1-4-7-19(16-35-17-24(3,34-18-35)23-9-6-13-38-23)12-14-37-22-11-10-21(15-20(22)8-5-2)25(36,26(28,29)30)27(31,32)33/h6,9-11,13,15,18-19,36H,4-5,7-8,12,14,16-17H2,1-3H3. The van der Waals surface area contributed by atoms with E-state index in [-0.39, 0.29) is 30.3 Å². The van der Waals surface area contributed by atoms with Gasteiger partial charge in [0.25, 0.3) is 5.60 Å². The minimum Gasteiger partial charge on any atom is -0.493 e. The summed E-state index contributed by atoms with van der Waals surface area (Å²) in [6.07, 6.45) is -5.29. The molecule has 0 saturated heterocycles. The Morgan fingerprint density at radius 1 is 1.08 bits per heavy atom. The highest BCUT2D eigenvalue weighted by molar-refractivity contribution is 5.59. The van der Waals surface area contributed by atoms with Crippen LogP contribution in [-0.4, -0.2) is 48.4 Å². The van der Waals surface area contributed by atoms with Gasteiger partial charge in [-0.15, -0.1) is 0 Å². The van der Waals surface area contributed by atoms with Gasteiger partial charge in [0.05, 0.1) is 25.8 Å². The van der Waals surface area contributed by atoms with E-state index in [4.69, 9.17) is 9.15 Å². The Kier molecular flexibility index (Phi) is 9.11. The highest BCUT2D eigenvalue weighted by Gasteiger charge is 2.71. The van der Waals surface area contributed by atoms with E-state index in [1.165, 1.54) is 0 Å². The molecule has 1 aliphatic rings. The maximum atomic E-state index is 13.3. The second kappa shape index (κ2) is 11.6. The van der Waals surface area contributed by atoms with Crippen LogP contribution < -0.4 is 4.74 Å². The number of hydrogen-bond donors (Lipinski definition) is 1. The lowest BCUT2D eigenvalue weighted by Gasteiger charge is -2.33. The fourth-order valence-corrected chi connectivity index (χ4v) is 4.82. The number of alkyl halides is 6. The van der Waals surface area contributed by atoms with E-state index < -0.39 is 29.1 Å². The molecule has 0 saturated carbocycles. The van der Waals surface area contributed by atoms with E-state index in [2.05, 4.69) is 16.8 Å². The fraction of sp³-hybridized carbons (Fsp3) is 0.593. The summed E-state index contributed by atoms with van der Waals surface area (Å²) in [4.78, 5) is 6.74. The van der Waals surface area contributed by atoms with Gasteiger partial charge in [0.1, 0.15) is 17.0 Å². The van der Waals surface area contributed by atoms with Crippen LogP contribution >= 0.6 is 0 Å². The summed E-state index contributed by atoms with van der Waals surface area (Å²) >= 11 is 0. The summed E-state index contributed by atoms with van der Waals surface area (Å²) in [7, 11) is 0. The van der Waals surface area contributed by atoms with Crippen molar-refractivity contribution in [2.24, 2.45) is 10.9 Å². The summed E-state index contributed by atoms with van der Waals surface area (Å²) in [6, 6.07) is 6.18. The lowest BCUT2D eigenvalue weighted by atomic mass is 9.90. The number of aryl methyl sites for hydroxylation is 1. The summed E-state index contributed by atoms with van der Waals surface area (Å²) in [5.41, 5.74) is -6.52. The first-order valence-corrected chi connectivity index (χ1v) is 12.7. The smallest absolute Gasteiger partial charge is 0.430 e. The van der Waals surface area contributed by atoms with E-state index in [0.29, 0.717) is 25.5 Å². The molecule has 3 rings (SSSR count). The van der Waals surface area contributed by atoms with E-state index in [9.17, 15) is 31.4 Å². The zero-order valence-corrected chi connectivity index (χ0v) is 21.7. The normalized spacial score (nSPS) is 19.3. The number of halogens is 6. The van der Waals surface area contributed by atoms with Crippen molar-refractivity contribution >= 4 is 6.34 Å². The predicted octanol–water partition coefficient (Wildman–Crippen LogP) is 6.99. The number of furan rings is 1. The van der Waals surface area contributed by atoms with E-state index >= 15 is 0 Å². The summed E-state index contributed by atoms with van der Waals surface area (Å²) in [5, 5.41) is 9.77. The number of ether oxygens (including phenoxy) is 1. The van der Waals surface area contributed by atoms with Crippen LogP contribution in [0.15, 0.2) is 46.0 Å². The minimum atomic E-state index is -5.93. The molecular formula is C27H34F6N2O3. The second-order valence-corrected chi connectivity index (χ2v) is 10.00. The van der Waals surface area contributed by atoms with Gasteiger partial charge in [-0.2, -0.15) is 26.3 Å². The van der Waals surface area contributed by atoms with E-state index in [1.54, 1.807) is 13.2 Å². The molecule has 2 aromatic rings. The molecule has 0 fully saturated rings. The largest absolute Gasteiger partial charge is 0.493 e. The number of aliphatic imine (C=N–C) groups is 1. The predicted molar refractivity (Wildman–Crippen MR) is 131 cm³/mol. The molecule has 1 aromatic heterocycles. The third-order valence-corrected chi connectivity index (χ3v) is 6.86. The van der Waals surface area contributed by atoms with Crippen LogP contribution in [0.5, 0.6) is 5.75 Å². The molecule has 1 aliphatic heterocycles. The van der Waals surface area contributed by atoms with Crippen LogP contribution in [0.4, 0.5) is 26.3 Å². The van der Waals surface area contributed by atoms with Crippen molar-refractivity contribution in [3.8, 4) is 5.75 Å². The Morgan fingerprint density at radius 2 is 1.79 bits per heavy atom. The maximum Gasteiger partial charge on any atom is 0.430 e. The Balaban J connectivity index is 1.68. The molecule has 2 heterocycles. The number of aliphatic hydroxyl groups is 1. The van der Waals surface area contributed by atoms with E-state index in [1.807, 2.05) is 25.4 Å². The third kappa shape index (κ3) is 6.30. The first kappa shape index (κ1) is 29.9.